The van der Waals surface area contributed by atoms with Crippen LogP contribution in [-0.2, 0) is 5.41 Å². The van der Waals surface area contributed by atoms with Gasteiger partial charge in [0.15, 0.2) is 17.5 Å². The lowest BCUT2D eigenvalue weighted by molar-refractivity contribution is 0.722. The number of fused-ring (bicyclic) bond motifs is 9. The summed E-state index contributed by atoms with van der Waals surface area (Å²) in [6.07, 6.45) is 0. The van der Waals surface area contributed by atoms with Gasteiger partial charge >= 0.3 is 0 Å². The predicted octanol–water partition coefficient (Wildman–Crippen LogP) is 13.0. The molecule has 3 heterocycles. The predicted molar refractivity (Wildman–Crippen MR) is 236 cm³/mol. The van der Waals surface area contributed by atoms with E-state index in [0.29, 0.717) is 17.5 Å². The molecule has 0 saturated heterocycles. The molecule has 1 spiro atoms. The molecule has 0 radical (unpaired) electrons. The molecule has 1 aliphatic carbocycles. The molecule has 0 fully saturated rings. The van der Waals surface area contributed by atoms with Gasteiger partial charge in [0.25, 0.3) is 0 Å². The van der Waals surface area contributed by atoms with Crippen LogP contribution in [0.1, 0.15) is 33.6 Å². The maximum atomic E-state index is 5.05. The first-order valence-electron chi connectivity index (χ1n) is 19.6. The van der Waals surface area contributed by atoms with E-state index in [-0.39, 0.29) is 5.41 Å². The number of aryl methyl sites for hydroxylation is 2. The molecule has 5 heteroatoms. The summed E-state index contributed by atoms with van der Waals surface area (Å²) in [5.74, 6) is 1.91. The number of hydrogen-bond donors (Lipinski definition) is 0. The van der Waals surface area contributed by atoms with E-state index in [0.717, 1.165) is 44.8 Å². The molecule has 0 N–H and O–H groups in total. The molecule has 0 saturated carbocycles. The Bertz CT molecular complexity index is 3000. The van der Waals surface area contributed by atoms with Gasteiger partial charge in [-0.15, -0.1) is 0 Å². The van der Waals surface area contributed by atoms with Crippen molar-refractivity contribution in [2.75, 3.05) is 0 Å². The number of benzene rings is 7. The molecular weight excluding hydrogens is 725 g/mol. The number of nitrogens with zero attached hydrogens (tertiary/aromatic N) is 4. The third-order valence-electron chi connectivity index (χ3n) is 11.7. The zero-order valence-corrected chi connectivity index (χ0v) is 32.8. The number of rotatable bonds is 5. The lowest BCUT2D eigenvalue weighted by Gasteiger charge is -2.39. The lowest BCUT2D eigenvalue weighted by Crippen LogP contribution is -2.31. The summed E-state index contributed by atoms with van der Waals surface area (Å²) in [5.41, 5.74) is 16.9. The molecule has 2 aromatic heterocycles. The van der Waals surface area contributed by atoms with E-state index in [2.05, 4.69) is 164 Å². The van der Waals surface area contributed by atoms with Gasteiger partial charge in [0, 0.05) is 43.4 Å². The summed E-state index contributed by atoms with van der Waals surface area (Å²) in [4.78, 5) is 22.3. The summed E-state index contributed by atoms with van der Waals surface area (Å²) in [7, 11) is 0. The second-order valence-corrected chi connectivity index (χ2v) is 16.1. The van der Waals surface area contributed by atoms with Crippen molar-refractivity contribution < 1.29 is 0 Å². The quantitative estimate of drug-likeness (QED) is 0.175. The largest absolute Gasteiger partial charge is 0.258 e. The van der Waals surface area contributed by atoms with Gasteiger partial charge in [0.05, 0.1) is 5.41 Å². The van der Waals surface area contributed by atoms with Crippen molar-refractivity contribution in [3.8, 4) is 67.5 Å². The third kappa shape index (κ3) is 5.46. The number of aromatic nitrogens is 4. The van der Waals surface area contributed by atoms with E-state index in [1.165, 1.54) is 48.7 Å². The van der Waals surface area contributed by atoms with E-state index < -0.39 is 0 Å². The molecule has 0 unspecified atom stereocenters. The number of hydrogen-bond acceptors (Lipinski definition) is 5. The van der Waals surface area contributed by atoms with E-state index in [4.69, 9.17) is 15.0 Å². The van der Waals surface area contributed by atoms with Crippen molar-refractivity contribution in [1.82, 2.24) is 19.9 Å². The Morgan fingerprint density at radius 1 is 0.345 bits per heavy atom. The van der Waals surface area contributed by atoms with Crippen molar-refractivity contribution in [1.29, 1.82) is 0 Å². The molecule has 9 aromatic rings. The number of pyridine rings is 1. The highest BCUT2D eigenvalue weighted by atomic mass is 32.2. The first-order valence-corrected chi connectivity index (χ1v) is 20.4. The van der Waals surface area contributed by atoms with Crippen molar-refractivity contribution in [3.05, 3.63) is 216 Å². The highest BCUT2D eigenvalue weighted by Crippen LogP contribution is 2.62. The molecule has 11 rings (SSSR count). The Morgan fingerprint density at radius 2 is 0.828 bits per heavy atom. The van der Waals surface area contributed by atoms with E-state index in [1.54, 1.807) is 0 Å². The lowest BCUT2D eigenvalue weighted by atomic mass is 9.67. The van der Waals surface area contributed by atoms with Crippen LogP contribution in [0.15, 0.2) is 192 Å². The topological polar surface area (TPSA) is 51.6 Å². The van der Waals surface area contributed by atoms with Crippen LogP contribution >= 0.6 is 11.8 Å². The molecule has 274 valence electrons. The maximum absolute atomic E-state index is 5.05. The molecule has 7 aromatic carbocycles. The molecule has 1 aliphatic heterocycles. The molecule has 0 amide bonds. The highest BCUT2D eigenvalue weighted by Gasteiger charge is 2.50. The van der Waals surface area contributed by atoms with Crippen LogP contribution in [0.2, 0.25) is 0 Å². The first-order chi connectivity index (χ1) is 28.5. The summed E-state index contributed by atoms with van der Waals surface area (Å²) in [6, 6.07) is 65.3. The van der Waals surface area contributed by atoms with Gasteiger partial charge in [-0.2, -0.15) is 0 Å². The summed E-state index contributed by atoms with van der Waals surface area (Å²) < 4.78 is 0. The van der Waals surface area contributed by atoms with E-state index in [9.17, 15) is 0 Å². The van der Waals surface area contributed by atoms with Crippen molar-refractivity contribution in [3.63, 3.8) is 0 Å². The second-order valence-electron chi connectivity index (χ2n) is 15.1. The standard InChI is InChI=1S/C53H36N4S/c1-33-20-30-41(34(2)54-33)36-23-27-39(28-24-36)52-56-50(37-12-4-3-5-13-37)55-51(57-52)38-25-21-35(22-26-38)40-29-31-45-43(32-40)42-14-6-7-15-44(42)53(45)46-16-8-10-18-48(46)58-49-19-11-9-17-47(49)53/h3-32H,1-2H3. The fourth-order valence-corrected chi connectivity index (χ4v) is 10.2. The van der Waals surface area contributed by atoms with Crippen molar-refractivity contribution in [2.24, 2.45) is 0 Å². The first kappa shape index (κ1) is 34.3. The van der Waals surface area contributed by atoms with Crippen molar-refractivity contribution >= 4 is 11.8 Å². The van der Waals surface area contributed by atoms with Gasteiger partial charge in [-0.1, -0.05) is 169 Å². The SMILES string of the molecule is Cc1ccc(-c2ccc(-c3nc(-c4ccccc4)nc(-c4ccc(-c5ccc6c(c5)-c5ccccc5C65c6ccccc6Sc6ccccc65)cc4)n3)cc2)c(C)n1. The van der Waals surface area contributed by atoms with Crippen LogP contribution in [-0.4, -0.2) is 19.9 Å². The molecular formula is C53H36N4S. The molecule has 0 atom stereocenters. The van der Waals surface area contributed by atoms with Crippen LogP contribution in [0.4, 0.5) is 0 Å². The maximum Gasteiger partial charge on any atom is 0.164 e. The monoisotopic (exact) mass is 760 g/mol. The Balaban J connectivity index is 0.984. The van der Waals surface area contributed by atoms with Crippen molar-refractivity contribution in [2.45, 2.75) is 29.1 Å². The molecule has 58 heavy (non-hydrogen) atoms. The Kier molecular flexibility index (Phi) is 8.05. The fraction of sp³-hybridized carbons (Fsp3) is 0.0566. The average Bonchev–Trinajstić information content (AvgIpc) is 3.57. The van der Waals surface area contributed by atoms with Crippen LogP contribution in [0.25, 0.3) is 67.5 Å². The van der Waals surface area contributed by atoms with E-state index in [1.807, 2.05) is 49.0 Å². The fourth-order valence-electron chi connectivity index (χ4n) is 8.99. The summed E-state index contributed by atoms with van der Waals surface area (Å²) >= 11 is 1.88. The molecule has 2 aliphatic rings. The van der Waals surface area contributed by atoms with Gasteiger partial charge in [-0.25, -0.2) is 15.0 Å². The Labute approximate surface area is 342 Å². The van der Waals surface area contributed by atoms with Gasteiger partial charge in [0.1, 0.15) is 0 Å². The summed E-state index contributed by atoms with van der Waals surface area (Å²) in [6.45, 7) is 4.07. The average molecular weight is 761 g/mol. The van der Waals surface area contributed by atoms with Crippen LogP contribution in [0.3, 0.4) is 0 Å². The zero-order valence-electron chi connectivity index (χ0n) is 32.0. The minimum absolute atomic E-state index is 0.378. The third-order valence-corrected chi connectivity index (χ3v) is 12.8. The van der Waals surface area contributed by atoms with Gasteiger partial charge in [-0.05, 0) is 88.2 Å². The molecule has 0 bridgehead atoms. The van der Waals surface area contributed by atoms with Gasteiger partial charge in [-0.3, -0.25) is 4.98 Å². The minimum atomic E-state index is -0.378. The Hall–Kier alpha value is -6.95. The summed E-state index contributed by atoms with van der Waals surface area (Å²) in [5, 5.41) is 0. The van der Waals surface area contributed by atoms with Crippen LogP contribution in [0.5, 0.6) is 0 Å². The van der Waals surface area contributed by atoms with Gasteiger partial charge < -0.3 is 0 Å². The van der Waals surface area contributed by atoms with Crippen LogP contribution < -0.4 is 0 Å². The second kappa shape index (κ2) is 13.6. The van der Waals surface area contributed by atoms with Crippen LogP contribution in [0, 0.1) is 13.8 Å². The smallest absolute Gasteiger partial charge is 0.164 e. The minimum Gasteiger partial charge on any atom is -0.258 e. The highest BCUT2D eigenvalue weighted by molar-refractivity contribution is 7.99. The molecule has 4 nitrogen and oxygen atoms in total. The van der Waals surface area contributed by atoms with Gasteiger partial charge in [0.2, 0.25) is 0 Å². The van der Waals surface area contributed by atoms with E-state index >= 15 is 0 Å². The zero-order chi connectivity index (χ0) is 38.8. The normalized spacial score (nSPS) is 13.1. The Morgan fingerprint density at radius 3 is 1.45 bits per heavy atom.